The number of rotatable bonds is 0. The van der Waals surface area contributed by atoms with Crippen LogP contribution in [0.2, 0.25) is 0 Å². The van der Waals surface area contributed by atoms with Gasteiger partial charge in [-0.3, -0.25) is 0 Å². The zero-order valence-electron chi connectivity index (χ0n) is 8.83. The molecule has 0 aliphatic heterocycles. The minimum Gasteiger partial charge on any atom is -0.412 e. The zero-order chi connectivity index (χ0) is 9.56. The van der Waals surface area contributed by atoms with Crippen molar-refractivity contribution in [1.82, 2.24) is 0 Å². The molecule has 2 heteroatoms. The number of hydrogen-bond acceptors (Lipinski definition) is 1. The fourth-order valence-corrected chi connectivity index (χ4v) is 0.663. The first kappa shape index (κ1) is 14.7. The summed E-state index contributed by atoms with van der Waals surface area (Å²) in [5.41, 5.74) is 2.74. The molecule has 0 radical (unpaired) electrons. The summed E-state index contributed by atoms with van der Waals surface area (Å²) in [7, 11) is 0. The second-order valence-electron chi connectivity index (χ2n) is 3.18. The number of aliphatic hydroxyl groups is 1. The van der Waals surface area contributed by atoms with Crippen molar-refractivity contribution in [3.05, 3.63) is 35.4 Å². The Hall–Kier alpha value is -0.860. The molecule has 76 valence electrons. The van der Waals surface area contributed by atoms with Gasteiger partial charge in [-0.2, -0.15) is 0 Å². The molecule has 1 rings (SSSR count). The van der Waals surface area contributed by atoms with E-state index in [-0.39, 0.29) is 11.6 Å². The molecule has 0 saturated heterocycles. The van der Waals surface area contributed by atoms with Gasteiger partial charge in [-0.1, -0.05) is 24.3 Å². The SMILES string of the molecule is CC(C)O.Cc1ccccc1C.O. The molecular weight excluding hydrogens is 164 g/mol. The Labute approximate surface area is 80.5 Å². The van der Waals surface area contributed by atoms with Crippen LogP contribution in [0.3, 0.4) is 0 Å². The smallest absolute Gasteiger partial charge is 0.0483 e. The lowest BCUT2D eigenvalue weighted by Crippen LogP contribution is -1.85. The van der Waals surface area contributed by atoms with E-state index < -0.39 is 0 Å². The molecule has 0 spiro atoms. The highest BCUT2D eigenvalue weighted by Gasteiger charge is 1.83. The predicted molar refractivity (Wildman–Crippen MR) is 56.9 cm³/mol. The first-order valence-corrected chi connectivity index (χ1v) is 4.24. The Morgan fingerprint density at radius 1 is 1.00 bits per heavy atom. The standard InChI is InChI=1S/C8H10.C3H8O.H2O/c1-7-5-3-4-6-8(7)2;1-3(2)4;/h3-6H,1-2H3;3-4H,1-2H3;1H2. The van der Waals surface area contributed by atoms with Crippen molar-refractivity contribution in [2.75, 3.05) is 0 Å². The van der Waals surface area contributed by atoms with Crippen LogP contribution < -0.4 is 0 Å². The number of aliphatic hydroxyl groups excluding tert-OH is 1. The van der Waals surface area contributed by atoms with Crippen LogP contribution in [0.1, 0.15) is 25.0 Å². The maximum absolute atomic E-state index is 8.06. The number of hydrogen-bond donors (Lipinski definition) is 1. The van der Waals surface area contributed by atoms with Crippen LogP contribution in [-0.2, 0) is 0 Å². The topological polar surface area (TPSA) is 51.7 Å². The fraction of sp³-hybridized carbons (Fsp3) is 0.455. The number of benzene rings is 1. The van der Waals surface area contributed by atoms with Gasteiger partial charge in [0.1, 0.15) is 0 Å². The van der Waals surface area contributed by atoms with Crippen LogP contribution in [-0.4, -0.2) is 16.7 Å². The normalized spacial score (nSPS) is 8.46. The van der Waals surface area contributed by atoms with Crippen molar-refractivity contribution in [1.29, 1.82) is 0 Å². The average Bonchev–Trinajstić information content (AvgIpc) is 1.94. The maximum Gasteiger partial charge on any atom is 0.0483 e. The lowest BCUT2D eigenvalue weighted by molar-refractivity contribution is 0.216. The average molecular weight is 184 g/mol. The lowest BCUT2D eigenvalue weighted by atomic mass is 10.1. The van der Waals surface area contributed by atoms with Crippen molar-refractivity contribution >= 4 is 0 Å². The molecule has 0 amide bonds. The van der Waals surface area contributed by atoms with Gasteiger partial charge in [0.05, 0.1) is 0 Å². The largest absolute Gasteiger partial charge is 0.412 e. The van der Waals surface area contributed by atoms with E-state index in [0.717, 1.165) is 0 Å². The van der Waals surface area contributed by atoms with Gasteiger partial charge in [0.2, 0.25) is 0 Å². The Kier molecular flexibility index (Phi) is 8.76. The Morgan fingerprint density at radius 2 is 1.23 bits per heavy atom. The van der Waals surface area contributed by atoms with Crippen LogP contribution in [0.5, 0.6) is 0 Å². The molecule has 0 atom stereocenters. The highest BCUT2D eigenvalue weighted by Crippen LogP contribution is 2.02. The molecule has 0 heterocycles. The summed E-state index contributed by atoms with van der Waals surface area (Å²) < 4.78 is 0. The first-order chi connectivity index (χ1) is 5.54. The van der Waals surface area contributed by atoms with Crippen molar-refractivity contribution in [3.63, 3.8) is 0 Å². The van der Waals surface area contributed by atoms with Crippen molar-refractivity contribution in [2.45, 2.75) is 33.8 Å². The molecule has 3 N–H and O–H groups in total. The summed E-state index contributed by atoms with van der Waals surface area (Å²) >= 11 is 0. The molecule has 0 bridgehead atoms. The minimum absolute atomic E-state index is 0. The van der Waals surface area contributed by atoms with Gasteiger partial charge in [0, 0.05) is 6.10 Å². The lowest BCUT2D eigenvalue weighted by Gasteiger charge is -1.93. The van der Waals surface area contributed by atoms with Gasteiger partial charge in [0.25, 0.3) is 0 Å². The van der Waals surface area contributed by atoms with Crippen LogP contribution in [0, 0.1) is 13.8 Å². The predicted octanol–water partition coefficient (Wildman–Crippen LogP) is 1.87. The fourth-order valence-electron chi connectivity index (χ4n) is 0.663. The van der Waals surface area contributed by atoms with Gasteiger partial charge in [-0.15, -0.1) is 0 Å². The molecular formula is C11H20O2. The first-order valence-electron chi connectivity index (χ1n) is 4.24. The van der Waals surface area contributed by atoms with Crippen LogP contribution in [0.4, 0.5) is 0 Å². The highest BCUT2D eigenvalue weighted by atomic mass is 16.3. The van der Waals surface area contributed by atoms with E-state index in [9.17, 15) is 0 Å². The van der Waals surface area contributed by atoms with Crippen LogP contribution in [0.25, 0.3) is 0 Å². The zero-order valence-corrected chi connectivity index (χ0v) is 8.83. The molecule has 0 saturated carbocycles. The van der Waals surface area contributed by atoms with Gasteiger partial charge in [-0.05, 0) is 38.8 Å². The van der Waals surface area contributed by atoms with Crippen LogP contribution >= 0.6 is 0 Å². The van der Waals surface area contributed by atoms with Gasteiger partial charge >= 0.3 is 0 Å². The highest BCUT2D eigenvalue weighted by molar-refractivity contribution is 5.23. The quantitative estimate of drug-likeness (QED) is 0.657. The molecule has 1 aromatic rings. The maximum atomic E-state index is 8.06. The Balaban J connectivity index is 0. The van der Waals surface area contributed by atoms with Crippen molar-refractivity contribution in [2.24, 2.45) is 0 Å². The van der Waals surface area contributed by atoms with Gasteiger partial charge in [-0.25, -0.2) is 0 Å². The van der Waals surface area contributed by atoms with Crippen LogP contribution in [0.15, 0.2) is 24.3 Å². The van der Waals surface area contributed by atoms with E-state index in [4.69, 9.17) is 5.11 Å². The summed E-state index contributed by atoms with van der Waals surface area (Å²) in [6.07, 6.45) is -0.167. The Morgan fingerprint density at radius 3 is 1.38 bits per heavy atom. The summed E-state index contributed by atoms with van der Waals surface area (Å²) in [6.45, 7) is 7.69. The third kappa shape index (κ3) is 9.05. The van der Waals surface area contributed by atoms with E-state index >= 15 is 0 Å². The van der Waals surface area contributed by atoms with Crippen molar-refractivity contribution in [3.8, 4) is 0 Å². The molecule has 1 aromatic carbocycles. The van der Waals surface area contributed by atoms with E-state index in [2.05, 4.69) is 38.1 Å². The Bertz CT molecular complexity index is 195. The van der Waals surface area contributed by atoms with E-state index in [1.807, 2.05) is 0 Å². The molecule has 0 fully saturated rings. The third-order valence-corrected chi connectivity index (χ3v) is 1.43. The monoisotopic (exact) mass is 184 g/mol. The van der Waals surface area contributed by atoms with Gasteiger partial charge < -0.3 is 10.6 Å². The molecule has 0 unspecified atom stereocenters. The molecule has 2 nitrogen and oxygen atoms in total. The summed E-state index contributed by atoms with van der Waals surface area (Å²) in [5.74, 6) is 0. The van der Waals surface area contributed by atoms with E-state index in [0.29, 0.717) is 0 Å². The van der Waals surface area contributed by atoms with E-state index in [1.54, 1.807) is 13.8 Å². The molecule has 0 aliphatic rings. The van der Waals surface area contributed by atoms with E-state index in [1.165, 1.54) is 11.1 Å². The molecule has 0 aliphatic carbocycles. The van der Waals surface area contributed by atoms with Crippen molar-refractivity contribution < 1.29 is 10.6 Å². The minimum atomic E-state index is -0.167. The number of aryl methyl sites for hydroxylation is 2. The molecule has 0 aromatic heterocycles. The summed E-state index contributed by atoms with van der Waals surface area (Å²) in [4.78, 5) is 0. The summed E-state index contributed by atoms with van der Waals surface area (Å²) in [5, 5.41) is 8.06. The molecule has 13 heavy (non-hydrogen) atoms. The van der Waals surface area contributed by atoms with Gasteiger partial charge in [0.15, 0.2) is 0 Å². The summed E-state index contributed by atoms with van der Waals surface area (Å²) in [6, 6.07) is 8.36. The third-order valence-electron chi connectivity index (χ3n) is 1.43. The second kappa shape index (κ2) is 7.77. The second-order valence-corrected chi connectivity index (χ2v) is 3.18.